The number of nitrogens with one attached hydrogen (secondary N) is 2. The van der Waals surface area contributed by atoms with Gasteiger partial charge in [0.1, 0.15) is 0 Å². The Morgan fingerprint density at radius 1 is 1.00 bits per heavy atom. The zero-order chi connectivity index (χ0) is 17.5. The highest BCUT2D eigenvalue weighted by Gasteiger charge is 2.11. The van der Waals surface area contributed by atoms with Crippen LogP contribution in [0.15, 0.2) is 48.5 Å². The topological polar surface area (TPSA) is 58.2 Å². The minimum absolute atomic E-state index is 0.173. The number of hydrogen-bond acceptors (Lipinski definition) is 2. The number of carbonyl (C=O) groups excluding carboxylic acids is 2. The van der Waals surface area contributed by atoms with Crippen LogP contribution >= 0.6 is 11.6 Å². The highest BCUT2D eigenvalue weighted by atomic mass is 35.5. The van der Waals surface area contributed by atoms with Crippen molar-refractivity contribution < 1.29 is 9.59 Å². The van der Waals surface area contributed by atoms with Crippen LogP contribution in [0.3, 0.4) is 0 Å². The van der Waals surface area contributed by atoms with Crippen molar-refractivity contribution in [3.05, 3.63) is 64.7 Å². The monoisotopic (exact) mass is 344 g/mol. The Morgan fingerprint density at radius 3 is 2.33 bits per heavy atom. The van der Waals surface area contributed by atoms with Gasteiger partial charge in [-0.2, -0.15) is 0 Å². The Bertz CT molecular complexity index is 729. The van der Waals surface area contributed by atoms with Crippen LogP contribution in [0.4, 0.5) is 5.69 Å². The Labute approximate surface area is 147 Å². The van der Waals surface area contributed by atoms with E-state index < -0.39 is 0 Å². The summed E-state index contributed by atoms with van der Waals surface area (Å²) in [5.41, 5.74) is 1.50. The van der Waals surface area contributed by atoms with Crippen molar-refractivity contribution >= 4 is 29.1 Å². The van der Waals surface area contributed by atoms with E-state index in [9.17, 15) is 9.59 Å². The van der Waals surface area contributed by atoms with Gasteiger partial charge in [-0.1, -0.05) is 37.6 Å². The lowest BCUT2D eigenvalue weighted by Crippen LogP contribution is -2.25. The second-order valence-corrected chi connectivity index (χ2v) is 6.42. The van der Waals surface area contributed by atoms with Crippen LogP contribution < -0.4 is 10.6 Å². The zero-order valence-electron chi connectivity index (χ0n) is 13.8. The average molecular weight is 345 g/mol. The van der Waals surface area contributed by atoms with Gasteiger partial charge in [0.25, 0.3) is 11.8 Å². The standard InChI is InChI=1S/C19H21ClN2O2/c1-13(2)9-10-21-18(23)14-5-3-6-15(11-14)19(24)22-17-8-4-7-16(20)12-17/h3-8,11-13H,9-10H2,1-2H3,(H,21,23)(H,22,24). The Morgan fingerprint density at radius 2 is 1.67 bits per heavy atom. The number of anilines is 1. The first kappa shape index (κ1) is 18.0. The molecule has 0 saturated heterocycles. The lowest BCUT2D eigenvalue weighted by atomic mass is 10.1. The smallest absolute Gasteiger partial charge is 0.255 e. The fourth-order valence-corrected chi connectivity index (χ4v) is 2.34. The summed E-state index contributed by atoms with van der Waals surface area (Å²) in [6.07, 6.45) is 0.917. The highest BCUT2D eigenvalue weighted by molar-refractivity contribution is 6.31. The third kappa shape index (κ3) is 5.39. The van der Waals surface area contributed by atoms with Crippen molar-refractivity contribution in [2.75, 3.05) is 11.9 Å². The third-order valence-electron chi connectivity index (χ3n) is 3.48. The van der Waals surface area contributed by atoms with Gasteiger partial charge in [0.05, 0.1) is 0 Å². The molecule has 0 aliphatic carbocycles. The average Bonchev–Trinajstić information content (AvgIpc) is 2.54. The van der Waals surface area contributed by atoms with Gasteiger partial charge in [0, 0.05) is 28.4 Å². The van der Waals surface area contributed by atoms with Crippen molar-refractivity contribution in [1.29, 1.82) is 0 Å². The highest BCUT2D eigenvalue weighted by Crippen LogP contribution is 2.16. The van der Waals surface area contributed by atoms with E-state index in [0.717, 1.165) is 6.42 Å². The van der Waals surface area contributed by atoms with Crippen LogP contribution in [0.2, 0.25) is 5.02 Å². The molecule has 0 unspecified atom stereocenters. The van der Waals surface area contributed by atoms with Crippen LogP contribution in [-0.2, 0) is 0 Å². The van der Waals surface area contributed by atoms with E-state index in [1.54, 1.807) is 48.5 Å². The van der Waals surface area contributed by atoms with Crippen molar-refractivity contribution in [1.82, 2.24) is 5.32 Å². The van der Waals surface area contributed by atoms with Gasteiger partial charge in [-0.3, -0.25) is 9.59 Å². The van der Waals surface area contributed by atoms with Crippen LogP contribution in [0.25, 0.3) is 0 Å². The molecule has 4 nitrogen and oxygen atoms in total. The first-order chi connectivity index (χ1) is 11.5. The number of amides is 2. The summed E-state index contributed by atoms with van der Waals surface area (Å²) in [6, 6.07) is 13.6. The Balaban J connectivity index is 2.03. The molecule has 0 radical (unpaired) electrons. The second-order valence-electron chi connectivity index (χ2n) is 5.98. The van der Waals surface area contributed by atoms with Crippen molar-refractivity contribution in [2.45, 2.75) is 20.3 Å². The minimum Gasteiger partial charge on any atom is -0.352 e. The summed E-state index contributed by atoms with van der Waals surface area (Å²) in [7, 11) is 0. The van der Waals surface area contributed by atoms with E-state index in [4.69, 9.17) is 11.6 Å². The van der Waals surface area contributed by atoms with Crippen molar-refractivity contribution in [3.63, 3.8) is 0 Å². The Kier molecular flexibility index (Phi) is 6.38. The van der Waals surface area contributed by atoms with Gasteiger partial charge in [-0.05, 0) is 48.7 Å². The fourth-order valence-electron chi connectivity index (χ4n) is 2.15. The van der Waals surface area contributed by atoms with Crippen molar-refractivity contribution in [2.24, 2.45) is 5.92 Å². The first-order valence-corrected chi connectivity index (χ1v) is 8.28. The fraction of sp³-hybridized carbons (Fsp3) is 0.263. The summed E-state index contributed by atoms with van der Waals surface area (Å²) in [4.78, 5) is 24.5. The molecule has 0 aliphatic heterocycles. The van der Waals surface area contributed by atoms with Gasteiger partial charge in [0.2, 0.25) is 0 Å². The molecular weight excluding hydrogens is 324 g/mol. The van der Waals surface area contributed by atoms with Gasteiger partial charge in [0.15, 0.2) is 0 Å². The quantitative estimate of drug-likeness (QED) is 0.817. The van der Waals surface area contributed by atoms with E-state index in [2.05, 4.69) is 24.5 Å². The summed E-state index contributed by atoms with van der Waals surface area (Å²) in [5, 5.41) is 6.18. The van der Waals surface area contributed by atoms with Crippen LogP contribution in [0.5, 0.6) is 0 Å². The minimum atomic E-state index is -0.283. The molecule has 5 heteroatoms. The lowest BCUT2D eigenvalue weighted by Gasteiger charge is -2.09. The molecule has 2 aromatic rings. The van der Waals surface area contributed by atoms with Gasteiger partial charge >= 0.3 is 0 Å². The zero-order valence-corrected chi connectivity index (χ0v) is 14.6. The maximum Gasteiger partial charge on any atom is 0.255 e. The molecule has 126 valence electrons. The number of benzene rings is 2. The summed E-state index contributed by atoms with van der Waals surface area (Å²) < 4.78 is 0. The molecule has 2 rings (SSSR count). The predicted octanol–water partition coefficient (Wildman–Crippen LogP) is 4.37. The molecule has 0 fully saturated rings. The van der Waals surface area contributed by atoms with E-state index in [-0.39, 0.29) is 11.8 Å². The van der Waals surface area contributed by atoms with Gasteiger partial charge in [-0.25, -0.2) is 0 Å². The Hall–Kier alpha value is -2.33. The van der Waals surface area contributed by atoms with E-state index >= 15 is 0 Å². The molecule has 0 aliphatic rings. The molecule has 2 N–H and O–H groups in total. The van der Waals surface area contributed by atoms with Gasteiger partial charge in [-0.15, -0.1) is 0 Å². The molecule has 0 atom stereocenters. The summed E-state index contributed by atoms with van der Waals surface area (Å²) in [5.74, 6) is 0.0715. The molecule has 0 saturated carbocycles. The normalized spacial score (nSPS) is 10.5. The molecule has 2 amide bonds. The predicted molar refractivity (Wildman–Crippen MR) is 97.6 cm³/mol. The molecule has 2 aromatic carbocycles. The maximum atomic E-state index is 12.3. The first-order valence-electron chi connectivity index (χ1n) is 7.91. The van der Waals surface area contributed by atoms with Gasteiger partial charge < -0.3 is 10.6 Å². The van der Waals surface area contributed by atoms with Crippen LogP contribution in [0, 0.1) is 5.92 Å². The van der Waals surface area contributed by atoms with E-state index in [1.165, 1.54) is 0 Å². The number of halogens is 1. The molecule has 0 bridgehead atoms. The maximum absolute atomic E-state index is 12.3. The lowest BCUT2D eigenvalue weighted by molar-refractivity contribution is 0.0952. The van der Waals surface area contributed by atoms with E-state index in [0.29, 0.717) is 34.3 Å². The number of carbonyl (C=O) groups is 2. The largest absolute Gasteiger partial charge is 0.352 e. The summed E-state index contributed by atoms with van der Waals surface area (Å²) >= 11 is 5.91. The number of hydrogen-bond donors (Lipinski definition) is 2. The second kappa shape index (κ2) is 8.50. The van der Waals surface area contributed by atoms with Crippen LogP contribution in [0.1, 0.15) is 41.0 Å². The molecular formula is C19H21ClN2O2. The van der Waals surface area contributed by atoms with E-state index in [1.807, 2.05) is 0 Å². The molecule has 0 heterocycles. The third-order valence-corrected chi connectivity index (χ3v) is 3.71. The molecule has 24 heavy (non-hydrogen) atoms. The molecule has 0 spiro atoms. The number of rotatable bonds is 6. The van der Waals surface area contributed by atoms with Crippen LogP contribution in [-0.4, -0.2) is 18.4 Å². The molecule has 0 aromatic heterocycles. The SMILES string of the molecule is CC(C)CCNC(=O)c1cccc(C(=O)Nc2cccc(Cl)c2)c1. The summed E-state index contributed by atoms with van der Waals surface area (Å²) in [6.45, 7) is 4.83. The van der Waals surface area contributed by atoms with Crippen molar-refractivity contribution in [3.8, 4) is 0 Å².